The SMILES string of the molecule is Cn1ccc2ncnc(Nc3ccc(F)cc3OC3CCC3)c21. The lowest BCUT2D eigenvalue weighted by molar-refractivity contribution is 0.121. The predicted molar refractivity (Wildman–Crippen MR) is 86.5 cm³/mol. The van der Waals surface area contributed by atoms with Crippen molar-refractivity contribution in [2.45, 2.75) is 25.4 Å². The lowest BCUT2D eigenvalue weighted by Crippen LogP contribution is -2.25. The van der Waals surface area contributed by atoms with Gasteiger partial charge in [-0.05, 0) is 37.5 Å². The van der Waals surface area contributed by atoms with Crippen LogP contribution in [-0.2, 0) is 7.05 Å². The molecule has 2 heterocycles. The van der Waals surface area contributed by atoms with E-state index in [1.165, 1.54) is 24.9 Å². The van der Waals surface area contributed by atoms with Crippen molar-refractivity contribution in [1.82, 2.24) is 14.5 Å². The smallest absolute Gasteiger partial charge is 0.158 e. The number of aryl methyl sites for hydroxylation is 1. The van der Waals surface area contributed by atoms with Gasteiger partial charge < -0.3 is 14.6 Å². The number of rotatable bonds is 4. The van der Waals surface area contributed by atoms with E-state index in [1.807, 2.05) is 23.9 Å². The summed E-state index contributed by atoms with van der Waals surface area (Å²) in [7, 11) is 1.94. The molecule has 0 saturated heterocycles. The molecule has 1 aliphatic carbocycles. The zero-order chi connectivity index (χ0) is 15.8. The number of hydrogen-bond donors (Lipinski definition) is 1. The highest BCUT2D eigenvalue weighted by Crippen LogP contribution is 2.34. The van der Waals surface area contributed by atoms with Gasteiger partial charge in [0, 0.05) is 19.3 Å². The van der Waals surface area contributed by atoms with Crippen LogP contribution >= 0.6 is 0 Å². The molecule has 0 bridgehead atoms. The summed E-state index contributed by atoms with van der Waals surface area (Å²) in [4.78, 5) is 8.57. The Morgan fingerprint density at radius 2 is 2.13 bits per heavy atom. The average molecular weight is 312 g/mol. The fourth-order valence-electron chi connectivity index (χ4n) is 2.70. The molecule has 118 valence electrons. The van der Waals surface area contributed by atoms with Crippen LogP contribution in [-0.4, -0.2) is 20.6 Å². The summed E-state index contributed by atoms with van der Waals surface area (Å²) in [6.45, 7) is 0. The van der Waals surface area contributed by atoms with Crippen molar-refractivity contribution in [1.29, 1.82) is 0 Å². The van der Waals surface area contributed by atoms with Gasteiger partial charge >= 0.3 is 0 Å². The Kier molecular flexibility index (Phi) is 3.37. The Bertz CT molecular complexity index is 857. The van der Waals surface area contributed by atoms with Crippen molar-refractivity contribution < 1.29 is 9.13 Å². The molecule has 0 unspecified atom stereocenters. The maximum atomic E-state index is 13.6. The number of ether oxygens (including phenoxy) is 1. The van der Waals surface area contributed by atoms with Crippen molar-refractivity contribution in [2.75, 3.05) is 5.32 Å². The number of nitrogens with one attached hydrogen (secondary N) is 1. The fourth-order valence-corrected chi connectivity index (χ4v) is 2.70. The molecule has 1 aromatic carbocycles. The van der Waals surface area contributed by atoms with E-state index in [1.54, 1.807) is 6.07 Å². The normalized spacial score (nSPS) is 14.7. The molecule has 0 aliphatic heterocycles. The molecular weight excluding hydrogens is 295 g/mol. The number of fused-ring (bicyclic) bond motifs is 1. The minimum atomic E-state index is -0.309. The zero-order valence-corrected chi connectivity index (χ0v) is 12.8. The summed E-state index contributed by atoms with van der Waals surface area (Å²) in [5.41, 5.74) is 2.46. The van der Waals surface area contributed by atoms with E-state index >= 15 is 0 Å². The van der Waals surface area contributed by atoms with Crippen molar-refractivity contribution in [3.8, 4) is 5.75 Å². The molecule has 23 heavy (non-hydrogen) atoms. The Hall–Kier alpha value is -2.63. The largest absolute Gasteiger partial charge is 0.488 e. The highest BCUT2D eigenvalue weighted by molar-refractivity contribution is 5.88. The van der Waals surface area contributed by atoms with E-state index in [0.29, 0.717) is 17.3 Å². The van der Waals surface area contributed by atoms with E-state index in [-0.39, 0.29) is 11.9 Å². The van der Waals surface area contributed by atoms with Gasteiger partial charge in [-0.1, -0.05) is 0 Å². The van der Waals surface area contributed by atoms with Gasteiger partial charge in [-0.15, -0.1) is 0 Å². The monoisotopic (exact) mass is 312 g/mol. The van der Waals surface area contributed by atoms with Gasteiger partial charge in [-0.25, -0.2) is 14.4 Å². The first-order valence-corrected chi connectivity index (χ1v) is 7.70. The van der Waals surface area contributed by atoms with E-state index in [9.17, 15) is 4.39 Å². The Morgan fingerprint density at radius 1 is 1.26 bits per heavy atom. The van der Waals surface area contributed by atoms with Gasteiger partial charge in [0.1, 0.15) is 23.4 Å². The van der Waals surface area contributed by atoms with Crippen LogP contribution < -0.4 is 10.1 Å². The van der Waals surface area contributed by atoms with Gasteiger partial charge in [0.2, 0.25) is 0 Å². The third-order valence-electron chi connectivity index (χ3n) is 4.20. The summed E-state index contributed by atoms with van der Waals surface area (Å²) < 4.78 is 21.4. The molecule has 0 radical (unpaired) electrons. The molecule has 0 atom stereocenters. The number of benzene rings is 1. The van der Waals surface area contributed by atoms with Gasteiger partial charge in [-0.2, -0.15) is 0 Å². The van der Waals surface area contributed by atoms with Gasteiger partial charge in [0.05, 0.1) is 17.3 Å². The van der Waals surface area contributed by atoms with Gasteiger partial charge in [0.25, 0.3) is 0 Å². The van der Waals surface area contributed by atoms with Crippen LogP contribution in [0, 0.1) is 5.82 Å². The molecule has 3 aromatic rings. The van der Waals surface area contributed by atoms with Crippen molar-refractivity contribution in [2.24, 2.45) is 7.05 Å². The third-order valence-corrected chi connectivity index (χ3v) is 4.20. The first-order chi connectivity index (χ1) is 11.2. The quantitative estimate of drug-likeness (QED) is 0.796. The molecule has 1 fully saturated rings. The molecule has 1 N–H and O–H groups in total. The van der Waals surface area contributed by atoms with E-state index in [0.717, 1.165) is 23.9 Å². The third kappa shape index (κ3) is 2.60. The van der Waals surface area contributed by atoms with Crippen LogP contribution in [0.3, 0.4) is 0 Å². The summed E-state index contributed by atoms with van der Waals surface area (Å²) in [6, 6.07) is 6.45. The molecule has 1 saturated carbocycles. The Balaban J connectivity index is 1.71. The predicted octanol–water partition coefficient (Wildman–Crippen LogP) is 3.78. The Morgan fingerprint density at radius 3 is 2.91 bits per heavy atom. The fraction of sp³-hybridized carbons (Fsp3) is 0.294. The van der Waals surface area contributed by atoms with Crippen LogP contribution in [0.15, 0.2) is 36.8 Å². The van der Waals surface area contributed by atoms with Crippen LogP contribution in [0.4, 0.5) is 15.9 Å². The van der Waals surface area contributed by atoms with Crippen LogP contribution in [0.1, 0.15) is 19.3 Å². The van der Waals surface area contributed by atoms with E-state index in [4.69, 9.17) is 4.74 Å². The molecule has 0 spiro atoms. The zero-order valence-electron chi connectivity index (χ0n) is 12.8. The van der Waals surface area contributed by atoms with Crippen molar-refractivity contribution in [3.05, 3.63) is 42.6 Å². The molecule has 6 heteroatoms. The molecule has 0 amide bonds. The summed E-state index contributed by atoms with van der Waals surface area (Å²) in [5.74, 6) is 0.889. The highest BCUT2D eigenvalue weighted by atomic mass is 19.1. The molecular formula is C17H17FN4O. The van der Waals surface area contributed by atoms with Gasteiger partial charge in [-0.3, -0.25) is 0 Å². The lowest BCUT2D eigenvalue weighted by atomic mass is 9.96. The molecule has 2 aromatic heterocycles. The molecule has 1 aliphatic rings. The van der Waals surface area contributed by atoms with Gasteiger partial charge in [0.15, 0.2) is 5.82 Å². The van der Waals surface area contributed by atoms with E-state index < -0.39 is 0 Å². The van der Waals surface area contributed by atoms with Crippen LogP contribution in [0.5, 0.6) is 5.75 Å². The lowest BCUT2D eigenvalue weighted by Gasteiger charge is -2.27. The number of aromatic nitrogens is 3. The second kappa shape index (κ2) is 5.53. The second-order valence-electron chi connectivity index (χ2n) is 5.82. The summed E-state index contributed by atoms with van der Waals surface area (Å²) in [6.07, 6.45) is 6.83. The van der Waals surface area contributed by atoms with Crippen molar-refractivity contribution in [3.63, 3.8) is 0 Å². The Labute approximate surface area is 133 Å². The van der Waals surface area contributed by atoms with Crippen LogP contribution in [0.25, 0.3) is 11.0 Å². The number of hydrogen-bond acceptors (Lipinski definition) is 4. The standard InChI is InChI=1S/C17H17FN4O/c1-22-8-7-14-16(22)17(20-10-19-14)21-13-6-5-11(18)9-15(13)23-12-3-2-4-12/h5-10,12H,2-4H2,1H3,(H,19,20,21). The maximum Gasteiger partial charge on any atom is 0.158 e. The second-order valence-corrected chi connectivity index (χ2v) is 5.82. The maximum absolute atomic E-state index is 13.6. The minimum absolute atomic E-state index is 0.179. The summed E-state index contributed by atoms with van der Waals surface area (Å²) in [5, 5.41) is 3.26. The summed E-state index contributed by atoms with van der Waals surface area (Å²) >= 11 is 0. The average Bonchev–Trinajstić information content (AvgIpc) is 2.88. The molecule has 4 rings (SSSR count). The van der Waals surface area contributed by atoms with E-state index in [2.05, 4.69) is 15.3 Å². The number of anilines is 2. The molecule has 5 nitrogen and oxygen atoms in total. The topological polar surface area (TPSA) is 52.0 Å². The van der Waals surface area contributed by atoms with Crippen LogP contribution in [0.2, 0.25) is 0 Å². The minimum Gasteiger partial charge on any atom is -0.488 e. The first kappa shape index (κ1) is 14.0. The number of nitrogens with zero attached hydrogens (tertiary/aromatic N) is 3. The first-order valence-electron chi connectivity index (χ1n) is 7.70. The number of halogens is 1. The van der Waals surface area contributed by atoms with Crippen molar-refractivity contribution >= 4 is 22.5 Å². The highest BCUT2D eigenvalue weighted by Gasteiger charge is 2.21.